The standard InChI is InChI=1S/C7H11O5/c1-2-7(11)12-6(4-9)5(10)3-8/h5-6,8,10H,2-3H2,1H3. The average Bonchev–Trinajstić information content (AvgIpc) is 2.12. The van der Waals surface area contributed by atoms with E-state index in [1.54, 1.807) is 6.92 Å². The van der Waals surface area contributed by atoms with Gasteiger partial charge in [0.25, 0.3) is 0 Å². The molecular weight excluding hydrogens is 164 g/mol. The third-order valence-corrected chi connectivity index (χ3v) is 1.20. The molecule has 0 amide bonds. The van der Waals surface area contributed by atoms with E-state index in [2.05, 4.69) is 4.74 Å². The SMILES string of the molecule is CCC(=O)OC([C]=O)C(O)CO. The minimum atomic E-state index is -1.39. The maximum atomic E-state index is 10.6. The molecule has 0 fully saturated rings. The second-order valence-corrected chi connectivity index (χ2v) is 2.13. The Morgan fingerprint density at radius 3 is 2.58 bits per heavy atom. The molecule has 0 aliphatic carbocycles. The molecule has 5 nitrogen and oxygen atoms in total. The van der Waals surface area contributed by atoms with Crippen molar-refractivity contribution >= 4 is 12.3 Å². The second-order valence-electron chi connectivity index (χ2n) is 2.13. The van der Waals surface area contributed by atoms with Crippen LogP contribution in [0.2, 0.25) is 0 Å². The third-order valence-electron chi connectivity index (χ3n) is 1.20. The molecule has 0 bridgehead atoms. The van der Waals surface area contributed by atoms with E-state index in [0.717, 1.165) is 0 Å². The van der Waals surface area contributed by atoms with Crippen molar-refractivity contribution in [3.05, 3.63) is 0 Å². The fraction of sp³-hybridized carbons (Fsp3) is 0.714. The summed E-state index contributed by atoms with van der Waals surface area (Å²) in [5.41, 5.74) is 0. The van der Waals surface area contributed by atoms with Gasteiger partial charge in [0.1, 0.15) is 6.10 Å². The van der Waals surface area contributed by atoms with Crippen molar-refractivity contribution in [1.29, 1.82) is 0 Å². The number of aliphatic hydroxyl groups excluding tert-OH is 2. The molecule has 0 saturated heterocycles. The predicted molar refractivity (Wildman–Crippen MR) is 39.0 cm³/mol. The summed E-state index contributed by atoms with van der Waals surface area (Å²) in [5, 5.41) is 17.3. The summed E-state index contributed by atoms with van der Waals surface area (Å²) >= 11 is 0. The number of aliphatic hydroxyl groups is 2. The van der Waals surface area contributed by atoms with Gasteiger partial charge in [-0.15, -0.1) is 0 Å². The smallest absolute Gasteiger partial charge is 0.306 e. The molecular formula is C7H11O5. The van der Waals surface area contributed by atoms with Gasteiger partial charge < -0.3 is 14.9 Å². The van der Waals surface area contributed by atoms with Crippen LogP contribution in [0.25, 0.3) is 0 Å². The largest absolute Gasteiger partial charge is 0.451 e. The highest BCUT2D eigenvalue weighted by molar-refractivity contribution is 5.72. The van der Waals surface area contributed by atoms with Gasteiger partial charge in [-0.1, -0.05) is 6.92 Å². The lowest BCUT2D eigenvalue weighted by molar-refractivity contribution is -0.150. The molecule has 0 aromatic heterocycles. The van der Waals surface area contributed by atoms with E-state index >= 15 is 0 Å². The zero-order chi connectivity index (χ0) is 9.56. The Morgan fingerprint density at radius 2 is 2.25 bits per heavy atom. The van der Waals surface area contributed by atoms with Gasteiger partial charge in [-0.3, -0.25) is 9.59 Å². The summed E-state index contributed by atoms with van der Waals surface area (Å²) in [6.07, 6.45) is -1.35. The van der Waals surface area contributed by atoms with Crippen LogP contribution in [-0.2, 0) is 14.3 Å². The maximum absolute atomic E-state index is 10.6. The van der Waals surface area contributed by atoms with Gasteiger partial charge in [-0.2, -0.15) is 0 Å². The van der Waals surface area contributed by atoms with Gasteiger partial charge in [-0.25, -0.2) is 0 Å². The molecule has 0 spiro atoms. The van der Waals surface area contributed by atoms with Crippen LogP contribution in [-0.4, -0.2) is 41.3 Å². The van der Waals surface area contributed by atoms with E-state index < -0.39 is 24.8 Å². The summed E-state index contributed by atoms with van der Waals surface area (Å²) in [6.45, 7) is 0.909. The van der Waals surface area contributed by atoms with Crippen LogP contribution < -0.4 is 0 Å². The number of ether oxygens (including phenoxy) is 1. The highest BCUT2D eigenvalue weighted by atomic mass is 16.6. The minimum absolute atomic E-state index is 0.107. The quantitative estimate of drug-likeness (QED) is 0.511. The van der Waals surface area contributed by atoms with Gasteiger partial charge in [-0.05, 0) is 0 Å². The van der Waals surface area contributed by atoms with Crippen LogP contribution in [0.3, 0.4) is 0 Å². The van der Waals surface area contributed by atoms with Crippen LogP contribution in [0.15, 0.2) is 0 Å². The summed E-state index contributed by atoms with van der Waals surface area (Å²) in [4.78, 5) is 20.7. The van der Waals surface area contributed by atoms with Gasteiger partial charge in [0.05, 0.1) is 6.61 Å². The monoisotopic (exact) mass is 175 g/mol. The fourth-order valence-electron chi connectivity index (χ4n) is 0.502. The van der Waals surface area contributed by atoms with Crippen molar-refractivity contribution in [2.45, 2.75) is 25.6 Å². The molecule has 0 rings (SSSR count). The molecule has 0 heterocycles. The van der Waals surface area contributed by atoms with Gasteiger partial charge in [0.15, 0.2) is 6.10 Å². The molecule has 0 saturated carbocycles. The topological polar surface area (TPSA) is 83.8 Å². The van der Waals surface area contributed by atoms with Crippen molar-refractivity contribution < 1.29 is 24.5 Å². The lowest BCUT2D eigenvalue weighted by Crippen LogP contribution is -2.35. The lowest BCUT2D eigenvalue weighted by atomic mass is 10.2. The second kappa shape index (κ2) is 5.68. The van der Waals surface area contributed by atoms with Crippen molar-refractivity contribution in [3.63, 3.8) is 0 Å². The normalized spacial score (nSPS) is 14.9. The molecule has 0 aromatic carbocycles. The summed E-state index contributed by atoms with van der Waals surface area (Å²) in [7, 11) is 0. The van der Waals surface area contributed by atoms with Crippen molar-refractivity contribution in [3.8, 4) is 0 Å². The minimum Gasteiger partial charge on any atom is -0.451 e. The number of hydrogen-bond donors (Lipinski definition) is 2. The van der Waals surface area contributed by atoms with E-state index in [0.29, 0.717) is 0 Å². The number of carbonyl (C=O) groups excluding carboxylic acids is 2. The van der Waals surface area contributed by atoms with Crippen LogP contribution in [0.4, 0.5) is 0 Å². The van der Waals surface area contributed by atoms with Crippen LogP contribution >= 0.6 is 0 Å². The predicted octanol–water partition coefficient (Wildman–Crippen LogP) is -1.23. The van der Waals surface area contributed by atoms with Crippen molar-refractivity contribution in [2.75, 3.05) is 6.61 Å². The third kappa shape index (κ3) is 3.45. The Kier molecular flexibility index (Phi) is 5.23. The van der Waals surface area contributed by atoms with Crippen molar-refractivity contribution in [1.82, 2.24) is 0 Å². The summed E-state index contributed by atoms with van der Waals surface area (Å²) in [6, 6.07) is 0. The van der Waals surface area contributed by atoms with Gasteiger partial charge in [0.2, 0.25) is 6.29 Å². The molecule has 2 N–H and O–H groups in total. The van der Waals surface area contributed by atoms with Crippen molar-refractivity contribution in [2.24, 2.45) is 0 Å². The van der Waals surface area contributed by atoms with E-state index in [9.17, 15) is 9.59 Å². The van der Waals surface area contributed by atoms with Crippen LogP contribution in [0.5, 0.6) is 0 Å². The average molecular weight is 175 g/mol. The Hall–Kier alpha value is -0.940. The number of carbonyl (C=O) groups is 1. The number of esters is 1. The van der Waals surface area contributed by atoms with E-state index in [1.165, 1.54) is 6.29 Å². The molecule has 0 aliphatic rings. The highest BCUT2D eigenvalue weighted by Crippen LogP contribution is 1.98. The first-order valence-corrected chi connectivity index (χ1v) is 3.51. The first-order valence-electron chi connectivity index (χ1n) is 3.51. The lowest BCUT2D eigenvalue weighted by Gasteiger charge is -2.14. The molecule has 2 unspecified atom stereocenters. The summed E-state index contributed by atoms with van der Waals surface area (Å²) < 4.78 is 4.43. The van der Waals surface area contributed by atoms with Crippen LogP contribution in [0, 0.1) is 0 Å². The van der Waals surface area contributed by atoms with Gasteiger partial charge >= 0.3 is 5.97 Å². The summed E-state index contributed by atoms with van der Waals surface area (Å²) in [5.74, 6) is -0.615. The van der Waals surface area contributed by atoms with Crippen LogP contribution in [0.1, 0.15) is 13.3 Å². The molecule has 69 valence electrons. The number of rotatable bonds is 5. The Labute approximate surface area is 70.0 Å². The van der Waals surface area contributed by atoms with E-state index in [4.69, 9.17) is 10.2 Å². The Bertz CT molecular complexity index is 156. The number of hydrogen-bond acceptors (Lipinski definition) is 5. The maximum Gasteiger partial charge on any atom is 0.306 e. The zero-order valence-corrected chi connectivity index (χ0v) is 6.69. The Balaban J connectivity index is 3.98. The first kappa shape index (κ1) is 11.1. The van der Waals surface area contributed by atoms with Gasteiger partial charge in [0, 0.05) is 6.42 Å². The van der Waals surface area contributed by atoms with E-state index in [1.807, 2.05) is 0 Å². The zero-order valence-electron chi connectivity index (χ0n) is 6.69. The fourth-order valence-corrected chi connectivity index (χ4v) is 0.502. The first-order chi connectivity index (χ1) is 5.65. The Morgan fingerprint density at radius 1 is 1.67 bits per heavy atom. The molecule has 0 aromatic rings. The molecule has 1 radical (unpaired) electrons. The molecule has 12 heavy (non-hydrogen) atoms. The molecule has 5 heteroatoms. The highest BCUT2D eigenvalue weighted by Gasteiger charge is 2.22. The molecule has 2 atom stereocenters. The molecule has 0 aliphatic heterocycles. The van der Waals surface area contributed by atoms with E-state index in [-0.39, 0.29) is 6.42 Å².